The summed E-state index contributed by atoms with van der Waals surface area (Å²) >= 11 is 0. The molecule has 0 bridgehead atoms. The van der Waals surface area contributed by atoms with Crippen LogP contribution in [0.1, 0.15) is 25.0 Å². The molecule has 0 aliphatic heterocycles. The Labute approximate surface area is 111 Å². The third-order valence-electron chi connectivity index (χ3n) is 3.02. The van der Waals surface area contributed by atoms with Crippen molar-refractivity contribution >= 4 is 5.84 Å². The van der Waals surface area contributed by atoms with Crippen molar-refractivity contribution in [2.75, 3.05) is 6.61 Å². The van der Waals surface area contributed by atoms with Crippen LogP contribution in [0.4, 0.5) is 4.39 Å². The molecule has 0 heterocycles. The van der Waals surface area contributed by atoms with Crippen LogP contribution in [-0.4, -0.2) is 28.8 Å². The number of amidine groups is 1. The maximum atomic E-state index is 14.1. The number of nitrogens with one attached hydrogen (secondary N) is 1. The van der Waals surface area contributed by atoms with Crippen LogP contribution in [-0.2, 0) is 6.54 Å². The van der Waals surface area contributed by atoms with E-state index in [4.69, 9.17) is 10.9 Å². The fraction of sp³-hybridized carbons (Fsp3) is 0.462. The molecule has 0 amide bonds. The van der Waals surface area contributed by atoms with Crippen molar-refractivity contribution in [2.24, 2.45) is 16.8 Å². The summed E-state index contributed by atoms with van der Waals surface area (Å²) in [5, 5.41) is 23.6. The number of oxime groups is 1. The Morgan fingerprint density at radius 3 is 2.68 bits per heavy atom. The Hall–Kier alpha value is -1.66. The number of nitrogens with two attached hydrogens (primary N) is 1. The van der Waals surface area contributed by atoms with Crippen LogP contribution in [0.25, 0.3) is 0 Å². The van der Waals surface area contributed by atoms with Gasteiger partial charge >= 0.3 is 0 Å². The third kappa shape index (κ3) is 3.90. The van der Waals surface area contributed by atoms with E-state index in [-0.39, 0.29) is 36.5 Å². The van der Waals surface area contributed by atoms with E-state index in [1.54, 1.807) is 12.1 Å². The first kappa shape index (κ1) is 15.4. The van der Waals surface area contributed by atoms with E-state index in [9.17, 15) is 9.50 Å². The number of nitrogens with zero attached hydrogens (tertiary/aromatic N) is 1. The number of hydrogen-bond acceptors (Lipinski definition) is 4. The summed E-state index contributed by atoms with van der Waals surface area (Å²) in [6.07, 6.45) is 0. The normalized spacial score (nSPS) is 13.8. The third-order valence-corrected chi connectivity index (χ3v) is 3.02. The second kappa shape index (κ2) is 7.06. The zero-order valence-corrected chi connectivity index (χ0v) is 11.1. The molecule has 0 fully saturated rings. The minimum atomic E-state index is -0.522. The molecule has 1 rings (SSSR count). The first-order valence-corrected chi connectivity index (χ1v) is 6.10. The summed E-state index contributed by atoms with van der Waals surface area (Å²) in [5.41, 5.74) is 5.86. The van der Waals surface area contributed by atoms with Crippen molar-refractivity contribution in [2.45, 2.75) is 26.4 Å². The molecule has 1 atom stereocenters. The van der Waals surface area contributed by atoms with Crippen molar-refractivity contribution in [1.82, 2.24) is 5.32 Å². The monoisotopic (exact) mass is 269 g/mol. The topological polar surface area (TPSA) is 90.9 Å². The van der Waals surface area contributed by atoms with Crippen molar-refractivity contribution in [3.05, 3.63) is 35.1 Å². The van der Waals surface area contributed by atoms with Gasteiger partial charge in [-0.25, -0.2) is 4.39 Å². The van der Waals surface area contributed by atoms with E-state index in [1.807, 2.05) is 13.8 Å². The van der Waals surface area contributed by atoms with Gasteiger partial charge < -0.3 is 21.4 Å². The number of aliphatic hydroxyl groups is 1. The van der Waals surface area contributed by atoms with Gasteiger partial charge in [0.05, 0.1) is 12.2 Å². The highest BCUT2D eigenvalue weighted by atomic mass is 19.1. The predicted molar refractivity (Wildman–Crippen MR) is 71.5 cm³/mol. The minimum absolute atomic E-state index is 0.0147. The molecule has 19 heavy (non-hydrogen) atoms. The van der Waals surface area contributed by atoms with Crippen molar-refractivity contribution in [3.8, 4) is 0 Å². The summed E-state index contributed by atoms with van der Waals surface area (Å²) in [7, 11) is 0. The average molecular weight is 269 g/mol. The molecule has 0 saturated heterocycles. The minimum Gasteiger partial charge on any atom is -0.409 e. The Kier molecular flexibility index (Phi) is 5.72. The summed E-state index contributed by atoms with van der Waals surface area (Å²) in [6.45, 7) is 4.19. The number of halogens is 1. The van der Waals surface area contributed by atoms with Gasteiger partial charge in [0.2, 0.25) is 0 Å². The molecule has 106 valence electrons. The molecule has 5 N–H and O–H groups in total. The Morgan fingerprint density at radius 1 is 1.47 bits per heavy atom. The predicted octanol–water partition coefficient (Wildman–Crippen LogP) is 1.03. The Morgan fingerprint density at radius 2 is 2.16 bits per heavy atom. The number of rotatable bonds is 6. The summed E-state index contributed by atoms with van der Waals surface area (Å²) in [4.78, 5) is 0. The SMILES string of the molecule is CC(C)C(CO)NCc1cccc(/C(N)=N/O)c1F. The van der Waals surface area contributed by atoms with Crippen LogP contribution in [0, 0.1) is 11.7 Å². The van der Waals surface area contributed by atoms with E-state index < -0.39 is 5.82 Å². The maximum Gasteiger partial charge on any atom is 0.173 e. The van der Waals surface area contributed by atoms with E-state index >= 15 is 0 Å². The van der Waals surface area contributed by atoms with Crippen LogP contribution >= 0.6 is 0 Å². The van der Waals surface area contributed by atoms with Gasteiger partial charge in [-0.3, -0.25) is 0 Å². The Bertz CT molecular complexity index is 450. The largest absolute Gasteiger partial charge is 0.409 e. The highest BCUT2D eigenvalue weighted by Gasteiger charge is 2.15. The molecule has 1 aromatic carbocycles. The van der Waals surface area contributed by atoms with Gasteiger partial charge in [-0.1, -0.05) is 31.1 Å². The van der Waals surface area contributed by atoms with E-state index in [2.05, 4.69) is 10.5 Å². The van der Waals surface area contributed by atoms with E-state index in [1.165, 1.54) is 6.07 Å². The lowest BCUT2D eigenvalue weighted by Gasteiger charge is -2.20. The van der Waals surface area contributed by atoms with Crippen LogP contribution in [0.2, 0.25) is 0 Å². The van der Waals surface area contributed by atoms with Gasteiger partial charge in [-0.2, -0.15) is 0 Å². The van der Waals surface area contributed by atoms with Crippen LogP contribution in [0.15, 0.2) is 23.4 Å². The fourth-order valence-corrected chi connectivity index (χ4v) is 1.72. The number of benzene rings is 1. The average Bonchev–Trinajstić information content (AvgIpc) is 2.40. The molecular weight excluding hydrogens is 249 g/mol. The van der Waals surface area contributed by atoms with Gasteiger partial charge in [0.1, 0.15) is 5.82 Å². The molecule has 1 aromatic rings. The van der Waals surface area contributed by atoms with Crippen LogP contribution in [0.5, 0.6) is 0 Å². The first-order valence-electron chi connectivity index (χ1n) is 6.10. The molecule has 0 aliphatic carbocycles. The van der Waals surface area contributed by atoms with Gasteiger partial charge in [-0.15, -0.1) is 0 Å². The number of aliphatic hydroxyl groups excluding tert-OH is 1. The van der Waals surface area contributed by atoms with Crippen molar-refractivity contribution in [3.63, 3.8) is 0 Å². The fourth-order valence-electron chi connectivity index (χ4n) is 1.72. The lowest BCUT2D eigenvalue weighted by Crippen LogP contribution is -2.36. The molecule has 0 saturated carbocycles. The highest BCUT2D eigenvalue weighted by molar-refractivity contribution is 5.97. The van der Waals surface area contributed by atoms with Gasteiger partial charge in [0.25, 0.3) is 0 Å². The highest BCUT2D eigenvalue weighted by Crippen LogP contribution is 2.13. The second-order valence-corrected chi connectivity index (χ2v) is 4.68. The zero-order valence-electron chi connectivity index (χ0n) is 11.1. The second-order valence-electron chi connectivity index (χ2n) is 4.68. The van der Waals surface area contributed by atoms with Crippen LogP contribution in [0.3, 0.4) is 0 Å². The Balaban J connectivity index is 2.85. The summed E-state index contributed by atoms with van der Waals surface area (Å²) < 4.78 is 14.1. The van der Waals surface area contributed by atoms with Gasteiger partial charge in [0, 0.05) is 18.2 Å². The molecular formula is C13H20FN3O2. The summed E-state index contributed by atoms with van der Waals surface area (Å²) in [5.74, 6) is -0.548. The van der Waals surface area contributed by atoms with Crippen molar-refractivity contribution < 1.29 is 14.7 Å². The molecule has 1 unspecified atom stereocenters. The molecule has 0 aromatic heterocycles. The molecule has 6 heteroatoms. The zero-order chi connectivity index (χ0) is 14.4. The van der Waals surface area contributed by atoms with Crippen molar-refractivity contribution in [1.29, 1.82) is 0 Å². The quantitative estimate of drug-likeness (QED) is 0.269. The standard InChI is InChI=1S/C13H20FN3O2/c1-8(2)11(7-18)16-6-9-4-3-5-10(12(9)14)13(15)17-19/h3-5,8,11,16,18-19H,6-7H2,1-2H3,(H2,15,17). The lowest BCUT2D eigenvalue weighted by molar-refractivity contribution is 0.209. The van der Waals surface area contributed by atoms with E-state index in [0.29, 0.717) is 5.56 Å². The van der Waals surface area contributed by atoms with E-state index in [0.717, 1.165) is 0 Å². The maximum absolute atomic E-state index is 14.1. The molecule has 0 radical (unpaired) electrons. The first-order chi connectivity index (χ1) is 9.01. The number of hydrogen-bond donors (Lipinski definition) is 4. The molecule has 0 aliphatic rings. The van der Waals surface area contributed by atoms with Gasteiger partial charge in [-0.05, 0) is 12.0 Å². The lowest BCUT2D eigenvalue weighted by atomic mass is 10.0. The summed E-state index contributed by atoms with van der Waals surface area (Å²) in [6, 6.07) is 4.59. The smallest absolute Gasteiger partial charge is 0.173 e. The molecule has 5 nitrogen and oxygen atoms in total. The van der Waals surface area contributed by atoms with Gasteiger partial charge in [0.15, 0.2) is 5.84 Å². The van der Waals surface area contributed by atoms with Crippen LogP contribution < -0.4 is 11.1 Å². The molecule has 0 spiro atoms.